The highest BCUT2D eigenvalue weighted by atomic mass is 35.5. The molecule has 0 aliphatic carbocycles. The van der Waals surface area contributed by atoms with Gasteiger partial charge in [0.15, 0.2) is 0 Å². The first kappa shape index (κ1) is 5.72. The van der Waals surface area contributed by atoms with E-state index in [1.165, 1.54) is 0 Å². The Hall–Kier alpha value is -0.280. The molecule has 0 unspecified atom stereocenters. The number of hydrogen-bond donors (Lipinski definition) is 2. The lowest BCUT2D eigenvalue weighted by atomic mass is 10.7. The average molecular weight is 109 g/mol. The molecule has 0 atom stereocenters. The summed E-state index contributed by atoms with van der Waals surface area (Å²) in [4.78, 5) is 11.6. The Morgan fingerprint density at radius 1 is 2.00 bits per heavy atom. The lowest BCUT2D eigenvalue weighted by Crippen LogP contribution is -2.22. The van der Waals surface area contributed by atoms with E-state index in [9.17, 15) is 4.79 Å². The van der Waals surface area contributed by atoms with Crippen LogP contribution >= 0.6 is 11.8 Å². The van der Waals surface area contributed by atoms with Gasteiger partial charge in [-0.05, 0) is 0 Å². The fourth-order valence-corrected chi connectivity index (χ4v) is 0.116. The van der Waals surface area contributed by atoms with Crippen molar-refractivity contribution in [1.82, 2.24) is 4.84 Å². The Kier molecular flexibility index (Phi) is 2.80. The maximum absolute atomic E-state index is 9.81. The molecule has 0 aliphatic rings. The maximum Gasteiger partial charge on any atom is 0.248 e. The predicted molar refractivity (Wildman–Crippen MR) is 23.1 cm³/mol. The van der Waals surface area contributed by atoms with Crippen LogP contribution < -0.4 is 10.6 Å². The third-order valence-corrected chi connectivity index (χ3v) is 0.502. The topological polar surface area (TPSA) is 55.1 Å². The average Bonchev–Trinajstić information content (AvgIpc) is 1.65. The van der Waals surface area contributed by atoms with E-state index < -0.39 is 0 Å². The molecular formula is C2H5ClN2O. The molecule has 0 aromatic rings. The summed E-state index contributed by atoms with van der Waals surface area (Å²) >= 11 is 4.77. The van der Waals surface area contributed by atoms with Crippen LogP contribution in [-0.4, -0.2) is 12.5 Å². The third-order valence-electron chi connectivity index (χ3n) is 0.291. The van der Waals surface area contributed by atoms with Gasteiger partial charge in [0.1, 0.15) is 0 Å². The first-order valence-electron chi connectivity index (χ1n) is 1.40. The van der Waals surface area contributed by atoms with E-state index in [1.807, 2.05) is 4.84 Å². The Balaban J connectivity index is 2.99. The van der Waals surface area contributed by atoms with Gasteiger partial charge < -0.3 is 5.73 Å². The van der Waals surface area contributed by atoms with Gasteiger partial charge in [0, 0.05) is 11.8 Å². The van der Waals surface area contributed by atoms with E-state index in [2.05, 4.69) is 0 Å². The second-order valence-electron chi connectivity index (χ2n) is 0.722. The number of carbonyl (C=O) groups is 1. The summed E-state index contributed by atoms with van der Waals surface area (Å²) in [5, 5.41) is 0. The molecule has 0 aromatic heterocycles. The first-order chi connectivity index (χ1) is 2.81. The number of rotatable bonds is 1. The standard InChI is InChI=1S/C2H5ClN2O/c3-5-2(6)1-4/h1,4H2,(H,5,6). The normalized spacial score (nSPS) is 7.67. The minimum absolute atomic E-state index is 0.0521. The van der Waals surface area contributed by atoms with E-state index in [1.54, 1.807) is 0 Å². The molecule has 0 rings (SSSR count). The van der Waals surface area contributed by atoms with Gasteiger partial charge in [0.25, 0.3) is 0 Å². The molecular weight excluding hydrogens is 103 g/mol. The SMILES string of the molecule is NCC(=O)NCl. The first-order valence-corrected chi connectivity index (χ1v) is 1.78. The van der Waals surface area contributed by atoms with Crippen molar-refractivity contribution in [3.05, 3.63) is 0 Å². The molecule has 0 fully saturated rings. The van der Waals surface area contributed by atoms with Gasteiger partial charge in [0.2, 0.25) is 5.91 Å². The van der Waals surface area contributed by atoms with Crippen molar-refractivity contribution in [2.24, 2.45) is 5.73 Å². The Bertz CT molecular complexity index is 49.5. The summed E-state index contributed by atoms with van der Waals surface area (Å²) in [5.74, 6) is -0.364. The van der Waals surface area contributed by atoms with Crippen LogP contribution in [0.5, 0.6) is 0 Å². The van der Waals surface area contributed by atoms with Crippen molar-refractivity contribution in [3.63, 3.8) is 0 Å². The smallest absolute Gasteiger partial charge is 0.248 e. The Labute approximate surface area is 40.6 Å². The second kappa shape index (κ2) is 2.93. The van der Waals surface area contributed by atoms with Crippen LogP contribution in [0.1, 0.15) is 0 Å². The molecule has 1 amide bonds. The molecule has 4 heteroatoms. The van der Waals surface area contributed by atoms with Crippen LogP contribution in [0.15, 0.2) is 0 Å². The predicted octanol–water partition coefficient (Wildman–Crippen LogP) is -0.785. The number of amides is 1. The zero-order valence-corrected chi connectivity index (χ0v) is 3.83. The zero-order chi connectivity index (χ0) is 4.99. The lowest BCUT2D eigenvalue weighted by molar-refractivity contribution is -0.118. The second-order valence-corrected chi connectivity index (χ2v) is 0.911. The molecule has 0 bridgehead atoms. The molecule has 0 heterocycles. The van der Waals surface area contributed by atoms with Gasteiger partial charge >= 0.3 is 0 Å². The largest absolute Gasteiger partial charge is 0.322 e. The highest BCUT2D eigenvalue weighted by Gasteiger charge is 1.86. The van der Waals surface area contributed by atoms with Crippen LogP contribution in [0.2, 0.25) is 0 Å². The van der Waals surface area contributed by atoms with Crippen molar-refractivity contribution in [3.8, 4) is 0 Å². The molecule has 0 aromatic carbocycles. The van der Waals surface area contributed by atoms with Gasteiger partial charge in [-0.1, -0.05) is 0 Å². The molecule has 0 spiro atoms. The van der Waals surface area contributed by atoms with Gasteiger partial charge in [-0.15, -0.1) is 0 Å². The Morgan fingerprint density at radius 3 is 2.50 bits per heavy atom. The van der Waals surface area contributed by atoms with Crippen molar-refractivity contribution in [1.29, 1.82) is 0 Å². The van der Waals surface area contributed by atoms with E-state index >= 15 is 0 Å². The van der Waals surface area contributed by atoms with Crippen LogP contribution in [0, 0.1) is 0 Å². The number of nitrogens with one attached hydrogen (secondary N) is 1. The van der Waals surface area contributed by atoms with Crippen molar-refractivity contribution in [2.45, 2.75) is 0 Å². The van der Waals surface area contributed by atoms with Gasteiger partial charge in [-0.2, -0.15) is 0 Å². The van der Waals surface area contributed by atoms with E-state index in [-0.39, 0.29) is 12.5 Å². The summed E-state index contributed by atoms with van der Waals surface area (Å²) in [5.41, 5.74) is 4.79. The quantitative estimate of drug-likeness (QED) is 0.433. The summed E-state index contributed by atoms with van der Waals surface area (Å²) in [6.07, 6.45) is 0. The van der Waals surface area contributed by atoms with Gasteiger partial charge in [-0.3, -0.25) is 9.63 Å². The monoisotopic (exact) mass is 108 g/mol. The molecule has 0 aliphatic heterocycles. The molecule has 0 radical (unpaired) electrons. The fourth-order valence-electron chi connectivity index (χ4n) is 0.0386. The Morgan fingerprint density at radius 2 is 2.50 bits per heavy atom. The number of nitrogens with two attached hydrogens (primary N) is 1. The fraction of sp³-hybridized carbons (Fsp3) is 0.500. The number of halogens is 1. The van der Waals surface area contributed by atoms with Gasteiger partial charge in [-0.25, -0.2) is 0 Å². The molecule has 0 saturated carbocycles. The molecule has 0 saturated heterocycles. The lowest BCUT2D eigenvalue weighted by Gasteiger charge is -1.84. The van der Waals surface area contributed by atoms with Gasteiger partial charge in [0.05, 0.1) is 6.54 Å². The zero-order valence-electron chi connectivity index (χ0n) is 3.07. The van der Waals surface area contributed by atoms with E-state index in [4.69, 9.17) is 17.5 Å². The molecule has 6 heavy (non-hydrogen) atoms. The summed E-state index contributed by atoms with van der Waals surface area (Å²) < 4.78 is 0. The van der Waals surface area contributed by atoms with Crippen molar-refractivity contribution in [2.75, 3.05) is 6.54 Å². The number of carbonyl (C=O) groups excluding carboxylic acids is 1. The van der Waals surface area contributed by atoms with E-state index in [0.29, 0.717) is 0 Å². The maximum atomic E-state index is 9.81. The van der Waals surface area contributed by atoms with Crippen molar-refractivity contribution >= 4 is 17.7 Å². The van der Waals surface area contributed by atoms with E-state index in [0.717, 1.165) is 0 Å². The highest BCUT2D eigenvalue weighted by molar-refractivity contribution is 6.21. The van der Waals surface area contributed by atoms with Crippen LogP contribution in [0.3, 0.4) is 0 Å². The molecule has 36 valence electrons. The third kappa shape index (κ3) is 1.99. The van der Waals surface area contributed by atoms with Crippen LogP contribution in [0.25, 0.3) is 0 Å². The molecule has 3 N–H and O–H groups in total. The highest BCUT2D eigenvalue weighted by Crippen LogP contribution is 1.58. The summed E-state index contributed by atoms with van der Waals surface area (Å²) in [6.45, 7) is -0.0521. The van der Waals surface area contributed by atoms with Crippen LogP contribution in [-0.2, 0) is 4.79 Å². The van der Waals surface area contributed by atoms with Crippen LogP contribution in [0.4, 0.5) is 0 Å². The molecule has 3 nitrogen and oxygen atoms in total. The minimum Gasteiger partial charge on any atom is -0.322 e. The number of hydrogen-bond acceptors (Lipinski definition) is 2. The minimum atomic E-state index is -0.364. The summed E-state index contributed by atoms with van der Waals surface area (Å²) in [6, 6.07) is 0. The summed E-state index contributed by atoms with van der Waals surface area (Å²) in [7, 11) is 0. The van der Waals surface area contributed by atoms with Crippen molar-refractivity contribution < 1.29 is 4.79 Å².